The van der Waals surface area contributed by atoms with E-state index in [2.05, 4.69) is 59.6 Å². The summed E-state index contributed by atoms with van der Waals surface area (Å²) in [5, 5.41) is 0. The van der Waals surface area contributed by atoms with Crippen molar-refractivity contribution in [1.82, 2.24) is 0 Å². The number of hydrogen-bond donors (Lipinski definition) is 0. The number of ether oxygens (including phenoxy) is 2. The molecule has 19 heavy (non-hydrogen) atoms. The van der Waals surface area contributed by atoms with Crippen LogP contribution in [0.2, 0.25) is 16.6 Å². The molecule has 0 aromatic carbocycles. The highest BCUT2D eigenvalue weighted by molar-refractivity contribution is 6.90. The highest BCUT2D eigenvalue weighted by atomic mass is 28.3. The zero-order chi connectivity index (χ0) is 15.1. The van der Waals surface area contributed by atoms with Gasteiger partial charge in [-0.15, -0.1) is 5.54 Å². The number of hydrogen-bond acceptors (Lipinski definition) is 2. The highest BCUT2D eigenvalue weighted by Gasteiger charge is 2.41. The van der Waals surface area contributed by atoms with Gasteiger partial charge in [0.05, 0.1) is 0 Å². The monoisotopic (exact) mass is 282 g/mol. The zero-order valence-corrected chi connectivity index (χ0v) is 14.6. The predicted molar refractivity (Wildman–Crippen MR) is 85.8 cm³/mol. The van der Waals surface area contributed by atoms with Gasteiger partial charge in [-0.3, -0.25) is 0 Å². The number of methoxy groups -OCH3 is 1. The summed E-state index contributed by atoms with van der Waals surface area (Å²) >= 11 is 0. The van der Waals surface area contributed by atoms with Crippen molar-refractivity contribution in [3.8, 4) is 11.5 Å². The second kappa shape index (κ2) is 8.58. The molecule has 0 aromatic heterocycles. The lowest BCUT2D eigenvalue weighted by Crippen LogP contribution is -2.43. The lowest BCUT2D eigenvalue weighted by Gasteiger charge is -2.38. The Morgan fingerprint density at radius 2 is 1.53 bits per heavy atom. The van der Waals surface area contributed by atoms with Crippen LogP contribution in [0, 0.1) is 11.5 Å². The molecule has 0 saturated heterocycles. The van der Waals surface area contributed by atoms with Crippen LogP contribution in [0.3, 0.4) is 0 Å². The molecule has 0 aliphatic carbocycles. The van der Waals surface area contributed by atoms with Crippen LogP contribution in [-0.4, -0.2) is 28.1 Å². The third-order valence-electron chi connectivity index (χ3n) is 3.88. The average molecular weight is 282 g/mol. The Morgan fingerprint density at radius 1 is 1.05 bits per heavy atom. The third-order valence-corrected chi connectivity index (χ3v) is 10.2. The summed E-state index contributed by atoms with van der Waals surface area (Å²) in [7, 11) is -0.0615. The maximum absolute atomic E-state index is 5.48. The molecule has 3 heteroatoms. The van der Waals surface area contributed by atoms with Gasteiger partial charge < -0.3 is 9.47 Å². The molecular weight excluding hydrogens is 252 g/mol. The minimum atomic E-state index is -1.68. The van der Waals surface area contributed by atoms with Gasteiger partial charge in [0.15, 0.2) is 0 Å². The standard InChI is InChI=1S/C16H30O2Si/c1-9-16(18-12-17-8)10-11-19(13(2)3,14(4)5)15(6)7/h9,13-16H,1,12H2,2-8H3. The maximum atomic E-state index is 5.48. The first-order chi connectivity index (χ1) is 8.82. The van der Waals surface area contributed by atoms with E-state index >= 15 is 0 Å². The molecule has 110 valence electrons. The van der Waals surface area contributed by atoms with E-state index in [1.165, 1.54) is 0 Å². The largest absolute Gasteiger partial charge is 0.359 e. The summed E-state index contributed by atoms with van der Waals surface area (Å²) in [6, 6.07) is 0. The molecular formula is C16H30O2Si. The van der Waals surface area contributed by atoms with Gasteiger partial charge in [-0.1, -0.05) is 60.1 Å². The van der Waals surface area contributed by atoms with Crippen LogP contribution in [0.1, 0.15) is 41.5 Å². The van der Waals surface area contributed by atoms with Crippen LogP contribution in [0.15, 0.2) is 12.7 Å². The molecule has 1 atom stereocenters. The van der Waals surface area contributed by atoms with Crippen molar-refractivity contribution in [2.45, 2.75) is 64.3 Å². The Bertz CT molecular complexity index is 302. The predicted octanol–water partition coefficient (Wildman–Crippen LogP) is 4.38. The van der Waals surface area contributed by atoms with Crippen LogP contribution in [0.4, 0.5) is 0 Å². The summed E-state index contributed by atoms with van der Waals surface area (Å²) in [5.41, 5.74) is 5.53. The van der Waals surface area contributed by atoms with Gasteiger partial charge >= 0.3 is 0 Å². The van der Waals surface area contributed by atoms with Crippen molar-refractivity contribution in [1.29, 1.82) is 0 Å². The van der Waals surface area contributed by atoms with E-state index in [9.17, 15) is 0 Å². The highest BCUT2D eigenvalue weighted by Crippen LogP contribution is 2.40. The minimum Gasteiger partial charge on any atom is -0.359 e. The Balaban J connectivity index is 5.27. The molecule has 0 radical (unpaired) electrons. The van der Waals surface area contributed by atoms with E-state index in [0.717, 1.165) is 0 Å². The van der Waals surface area contributed by atoms with E-state index in [-0.39, 0.29) is 12.9 Å². The van der Waals surface area contributed by atoms with Gasteiger partial charge in [0.2, 0.25) is 0 Å². The number of rotatable bonds is 7. The second-order valence-corrected chi connectivity index (χ2v) is 11.5. The fourth-order valence-corrected chi connectivity index (χ4v) is 8.20. The Kier molecular flexibility index (Phi) is 8.32. The minimum absolute atomic E-state index is 0.233. The maximum Gasteiger partial charge on any atom is 0.148 e. The van der Waals surface area contributed by atoms with Gasteiger partial charge in [-0.2, -0.15) is 0 Å². The first kappa shape index (κ1) is 18.4. The van der Waals surface area contributed by atoms with E-state index < -0.39 is 8.07 Å². The molecule has 0 aliphatic rings. The van der Waals surface area contributed by atoms with Gasteiger partial charge in [-0.25, -0.2) is 0 Å². The summed E-state index contributed by atoms with van der Waals surface area (Å²) < 4.78 is 10.4. The SMILES string of the molecule is C=CC(C#C[Si](C(C)C)(C(C)C)C(C)C)OCOC. The smallest absolute Gasteiger partial charge is 0.148 e. The van der Waals surface area contributed by atoms with Crippen LogP contribution >= 0.6 is 0 Å². The van der Waals surface area contributed by atoms with Crippen molar-refractivity contribution in [2.24, 2.45) is 0 Å². The van der Waals surface area contributed by atoms with Crippen LogP contribution in [0.25, 0.3) is 0 Å². The molecule has 0 saturated carbocycles. The lowest BCUT2D eigenvalue weighted by atomic mass is 10.4. The Hall–Kier alpha value is -0.563. The molecule has 0 spiro atoms. The molecule has 0 rings (SSSR count). The van der Waals surface area contributed by atoms with E-state index in [0.29, 0.717) is 16.6 Å². The van der Waals surface area contributed by atoms with Crippen molar-refractivity contribution < 1.29 is 9.47 Å². The van der Waals surface area contributed by atoms with E-state index in [1.54, 1.807) is 13.2 Å². The summed E-state index contributed by atoms with van der Waals surface area (Å²) in [5.74, 6) is 3.28. The fourth-order valence-electron chi connectivity index (χ4n) is 2.94. The van der Waals surface area contributed by atoms with Crippen molar-refractivity contribution in [3.05, 3.63) is 12.7 Å². The molecule has 0 N–H and O–H groups in total. The molecule has 0 bridgehead atoms. The van der Waals surface area contributed by atoms with Gasteiger partial charge in [0, 0.05) is 7.11 Å². The molecule has 2 nitrogen and oxygen atoms in total. The quantitative estimate of drug-likeness (QED) is 0.298. The molecule has 1 unspecified atom stereocenters. The van der Waals surface area contributed by atoms with Crippen LogP contribution in [-0.2, 0) is 9.47 Å². The Morgan fingerprint density at radius 3 is 1.84 bits per heavy atom. The zero-order valence-electron chi connectivity index (χ0n) is 13.6. The van der Waals surface area contributed by atoms with Crippen molar-refractivity contribution in [3.63, 3.8) is 0 Å². The average Bonchev–Trinajstić information content (AvgIpc) is 2.32. The molecule has 0 aliphatic heterocycles. The molecule has 0 aromatic rings. The van der Waals surface area contributed by atoms with Gasteiger partial charge in [0.1, 0.15) is 21.0 Å². The van der Waals surface area contributed by atoms with E-state index in [1.807, 2.05) is 0 Å². The van der Waals surface area contributed by atoms with Crippen LogP contribution < -0.4 is 0 Å². The van der Waals surface area contributed by atoms with Crippen molar-refractivity contribution >= 4 is 8.07 Å². The molecule has 0 fully saturated rings. The first-order valence-electron chi connectivity index (χ1n) is 7.08. The molecule has 0 heterocycles. The molecule has 0 amide bonds. The summed E-state index contributed by atoms with van der Waals surface area (Å²) in [6.07, 6.45) is 1.51. The lowest BCUT2D eigenvalue weighted by molar-refractivity contribution is -0.0382. The topological polar surface area (TPSA) is 18.5 Å². The fraction of sp³-hybridized carbons (Fsp3) is 0.750. The first-order valence-corrected chi connectivity index (χ1v) is 9.31. The second-order valence-electron chi connectivity index (χ2n) is 5.90. The van der Waals surface area contributed by atoms with Gasteiger partial charge in [-0.05, 0) is 16.6 Å². The summed E-state index contributed by atoms with van der Waals surface area (Å²) in [6.45, 7) is 17.9. The van der Waals surface area contributed by atoms with Crippen LogP contribution in [0.5, 0.6) is 0 Å². The third kappa shape index (κ3) is 4.80. The van der Waals surface area contributed by atoms with E-state index in [4.69, 9.17) is 9.47 Å². The van der Waals surface area contributed by atoms with Crippen molar-refractivity contribution in [2.75, 3.05) is 13.9 Å². The Labute approximate surface area is 120 Å². The normalized spacial score (nSPS) is 13.6. The summed E-state index contributed by atoms with van der Waals surface area (Å²) in [4.78, 5) is 0. The van der Waals surface area contributed by atoms with Gasteiger partial charge in [0.25, 0.3) is 0 Å².